The molecule has 0 aliphatic carbocycles. The Morgan fingerprint density at radius 2 is 2.09 bits per heavy atom. The van der Waals surface area contributed by atoms with Crippen molar-refractivity contribution in [3.63, 3.8) is 0 Å². The molecule has 120 valence electrons. The molecule has 1 saturated heterocycles. The van der Waals surface area contributed by atoms with Crippen LogP contribution in [0.15, 0.2) is 48.8 Å². The minimum Gasteiger partial charge on any atom is -0.394 e. The van der Waals surface area contributed by atoms with Gasteiger partial charge in [0.1, 0.15) is 0 Å². The number of aromatic nitrogens is 1. The summed E-state index contributed by atoms with van der Waals surface area (Å²) in [5, 5.41) is 9.26. The number of hydrogen-bond donors (Lipinski definition) is 1. The second kappa shape index (κ2) is 6.89. The maximum Gasteiger partial charge on any atom is 0.255 e. The standard InChI is InChI=1S/C18H20N2O3/c1-13-12-23-17(11-21)10-20(13)18(22)16-7-15(8-19-9-16)14-5-3-2-4-6-14/h2-9,13,17,21H,10-12H2,1H3/t13-,17+/m1/s1. The van der Waals surface area contributed by atoms with E-state index in [1.807, 2.05) is 43.3 Å². The largest absolute Gasteiger partial charge is 0.394 e. The molecule has 23 heavy (non-hydrogen) atoms. The van der Waals surface area contributed by atoms with E-state index in [-0.39, 0.29) is 24.7 Å². The van der Waals surface area contributed by atoms with Crippen LogP contribution >= 0.6 is 0 Å². The molecule has 1 amide bonds. The molecule has 0 saturated carbocycles. The van der Waals surface area contributed by atoms with Crippen molar-refractivity contribution < 1.29 is 14.6 Å². The number of aliphatic hydroxyl groups is 1. The number of aliphatic hydroxyl groups excluding tert-OH is 1. The van der Waals surface area contributed by atoms with Crippen LogP contribution < -0.4 is 0 Å². The van der Waals surface area contributed by atoms with E-state index in [1.54, 1.807) is 17.3 Å². The van der Waals surface area contributed by atoms with Gasteiger partial charge in [-0.15, -0.1) is 0 Å². The molecule has 1 N–H and O–H groups in total. The number of amides is 1. The number of carbonyl (C=O) groups is 1. The fourth-order valence-corrected chi connectivity index (χ4v) is 2.72. The Labute approximate surface area is 135 Å². The van der Waals surface area contributed by atoms with Gasteiger partial charge in [0.05, 0.1) is 30.9 Å². The van der Waals surface area contributed by atoms with Crippen molar-refractivity contribution in [3.05, 3.63) is 54.4 Å². The van der Waals surface area contributed by atoms with Crippen molar-refractivity contribution in [3.8, 4) is 11.1 Å². The van der Waals surface area contributed by atoms with Gasteiger partial charge in [-0.25, -0.2) is 0 Å². The van der Waals surface area contributed by atoms with Gasteiger partial charge < -0.3 is 14.7 Å². The Morgan fingerprint density at radius 1 is 1.30 bits per heavy atom. The van der Waals surface area contributed by atoms with Crippen LogP contribution in [0.3, 0.4) is 0 Å². The fraction of sp³-hybridized carbons (Fsp3) is 0.333. The molecule has 3 rings (SSSR count). The van der Waals surface area contributed by atoms with Crippen molar-refractivity contribution >= 4 is 5.91 Å². The Morgan fingerprint density at radius 3 is 2.83 bits per heavy atom. The van der Waals surface area contributed by atoms with Crippen molar-refractivity contribution in [2.75, 3.05) is 19.8 Å². The number of hydrogen-bond acceptors (Lipinski definition) is 4. The first-order chi connectivity index (χ1) is 11.2. The lowest BCUT2D eigenvalue weighted by atomic mass is 10.0. The molecule has 0 spiro atoms. The van der Waals surface area contributed by atoms with E-state index in [1.165, 1.54) is 0 Å². The fourth-order valence-electron chi connectivity index (χ4n) is 2.72. The molecule has 5 heteroatoms. The maximum absolute atomic E-state index is 12.8. The van der Waals surface area contributed by atoms with Gasteiger partial charge in [-0.1, -0.05) is 30.3 Å². The summed E-state index contributed by atoms with van der Waals surface area (Å²) >= 11 is 0. The van der Waals surface area contributed by atoms with Gasteiger partial charge in [0.2, 0.25) is 0 Å². The number of carbonyl (C=O) groups excluding carboxylic acids is 1. The first-order valence-electron chi connectivity index (χ1n) is 7.73. The predicted molar refractivity (Wildman–Crippen MR) is 87.0 cm³/mol. The van der Waals surface area contributed by atoms with E-state index in [0.717, 1.165) is 11.1 Å². The van der Waals surface area contributed by atoms with Gasteiger partial charge in [0.15, 0.2) is 0 Å². The van der Waals surface area contributed by atoms with E-state index >= 15 is 0 Å². The second-order valence-electron chi connectivity index (χ2n) is 5.77. The molecule has 2 aromatic rings. The minimum atomic E-state index is -0.319. The molecule has 0 radical (unpaired) electrons. The number of rotatable bonds is 3. The lowest BCUT2D eigenvalue weighted by molar-refractivity contribution is -0.0667. The van der Waals surface area contributed by atoms with E-state index < -0.39 is 0 Å². The third-order valence-corrected chi connectivity index (χ3v) is 4.06. The predicted octanol–water partition coefficient (Wildman–Crippen LogP) is 1.97. The highest BCUT2D eigenvalue weighted by molar-refractivity contribution is 5.95. The summed E-state index contributed by atoms with van der Waals surface area (Å²) < 4.78 is 5.49. The lowest BCUT2D eigenvalue weighted by Crippen LogP contribution is -2.52. The second-order valence-corrected chi connectivity index (χ2v) is 5.77. The highest BCUT2D eigenvalue weighted by Crippen LogP contribution is 2.21. The monoisotopic (exact) mass is 312 g/mol. The SMILES string of the molecule is C[C@@H]1CO[C@H](CO)CN1C(=O)c1cncc(-c2ccccc2)c1. The van der Waals surface area contributed by atoms with Gasteiger partial charge in [-0.2, -0.15) is 0 Å². The minimum absolute atomic E-state index is 0.0225. The van der Waals surface area contributed by atoms with Gasteiger partial charge in [-0.05, 0) is 18.6 Å². The first kappa shape index (κ1) is 15.6. The lowest BCUT2D eigenvalue weighted by Gasteiger charge is -2.37. The molecule has 1 aliphatic heterocycles. The summed E-state index contributed by atoms with van der Waals surface area (Å²) in [6.07, 6.45) is 3.02. The third-order valence-electron chi connectivity index (χ3n) is 4.06. The molecule has 0 bridgehead atoms. The number of ether oxygens (including phenoxy) is 1. The summed E-state index contributed by atoms with van der Waals surface area (Å²) in [7, 11) is 0. The molecule has 5 nitrogen and oxygen atoms in total. The van der Waals surface area contributed by atoms with Crippen LogP contribution in [-0.2, 0) is 4.74 Å². The van der Waals surface area contributed by atoms with E-state index in [2.05, 4.69) is 4.98 Å². The zero-order chi connectivity index (χ0) is 16.2. The zero-order valence-electron chi connectivity index (χ0n) is 13.1. The number of nitrogens with zero attached hydrogens (tertiary/aromatic N) is 2. The molecular weight excluding hydrogens is 292 g/mol. The maximum atomic E-state index is 12.8. The molecule has 2 heterocycles. The average molecular weight is 312 g/mol. The average Bonchev–Trinajstić information content (AvgIpc) is 2.62. The van der Waals surface area contributed by atoms with Crippen LogP contribution in [0.2, 0.25) is 0 Å². The van der Waals surface area contributed by atoms with Crippen molar-refractivity contribution in [1.82, 2.24) is 9.88 Å². The highest BCUT2D eigenvalue weighted by Gasteiger charge is 2.30. The number of pyridine rings is 1. The first-order valence-corrected chi connectivity index (χ1v) is 7.73. The van der Waals surface area contributed by atoms with Crippen LogP contribution in [0.1, 0.15) is 17.3 Å². The molecule has 1 aromatic heterocycles. The van der Waals surface area contributed by atoms with Gasteiger partial charge in [0, 0.05) is 24.5 Å². The van der Waals surface area contributed by atoms with E-state index in [9.17, 15) is 9.90 Å². The molecule has 0 unspecified atom stereocenters. The normalized spacial score (nSPS) is 21.2. The Balaban J connectivity index is 1.85. The van der Waals surface area contributed by atoms with Crippen LogP contribution in [0.25, 0.3) is 11.1 Å². The van der Waals surface area contributed by atoms with Gasteiger partial charge in [-0.3, -0.25) is 9.78 Å². The highest BCUT2D eigenvalue weighted by atomic mass is 16.5. The molecule has 2 atom stereocenters. The van der Waals surface area contributed by atoms with Crippen LogP contribution in [-0.4, -0.2) is 52.8 Å². The molecular formula is C18H20N2O3. The number of morpholine rings is 1. The smallest absolute Gasteiger partial charge is 0.255 e. The van der Waals surface area contributed by atoms with Crippen LogP contribution in [0.4, 0.5) is 0 Å². The van der Waals surface area contributed by atoms with E-state index in [4.69, 9.17) is 4.74 Å². The Hall–Kier alpha value is -2.24. The van der Waals surface area contributed by atoms with Crippen LogP contribution in [0, 0.1) is 0 Å². The van der Waals surface area contributed by atoms with Gasteiger partial charge >= 0.3 is 0 Å². The summed E-state index contributed by atoms with van der Waals surface area (Å²) in [4.78, 5) is 18.8. The van der Waals surface area contributed by atoms with Crippen molar-refractivity contribution in [2.24, 2.45) is 0 Å². The summed E-state index contributed by atoms with van der Waals surface area (Å²) in [5.41, 5.74) is 2.49. The van der Waals surface area contributed by atoms with Crippen molar-refractivity contribution in [1.29, 1.82) is 0 Å². The molecule has 1 aliphatic rings. The third kappa shape index (κ3) is 3.41. The van der Waals surface area contributed by atoms with E-state index in [0.29, 0.717) is 18.7 Å². The topological polar surface area (TPSA) is 62.7 Å². The molecule has 1 aromatic carbocycles. The number of benzene rings is 1. The zero-order valence-corrected chi connectivity index (χ0v) is 13.1. The van der Waals surface area contributed by atoms with Gasteiger partial charge in [0.25, 0.3) is 5.91 Å². The Bertz CT molecular complexity index is 675. The quantitative estimate of drug-likeness (QED) is 0.941. The summed E-state index contributed by atoms with van der Waals surface area (Å²) in [5.74, 6) is -0.0791. The molecule has 1 fully saturated rings. The summed E-state index contributed by atoms with van der Waals surface area (Å²) in [6.45, 7) is 2.69. The Kier molecular flexibility index (Phi) is 4.69. The van der Waals surface area contributed by atoms with Crippen LogP contribution in [0.5, 0.6) is 0 Å². The van der Waals surface area contributed by atoms with Crippen molar-refractivity contribution in [2.45, 2.75) is 19.1 Å². The summed E-state index contributed by atoms with van der Waals surface area (Å²) in [6, 6.07) is 11.7.